The third kappa shape index (κ3) is 10.6. The first-order valence-corrected chi connectivity index (χ1v) is 10.0. The van der Waals surface area contributed by atoms with Crippen LogP contribution in [0.3, 0.4) is 0 Å². The molecule has 0 saturated heterocycles. The normalized spacial score (nSPS) is 13.8. The monoisotopic (exact) mass is 362 g/mol. The summed E-state index contributed by atoms with van der Waals surface area (Å²) in [6.45, 7) is 14.4. The zero-order valence-corrected chi connectivity index (χ0v) is 17.3. The second-order valence-corrected chi connectivity index (χ2v) is 7.95. The van der Waals surface area contributed by atoms with Gasteiger partial charge in [-0.2, -0.15) is 0 Å². The molecule has 1 unspecified atom stereocenters. The van der Waals surface area contributed by atoms with Gasteiger partial charge in [0, 0.05) is 19.1 Å². The first kappa shape index (κ1) is 22.7. The van der Waals surface area contributed by atoms with Gasteiger partial charge in [-0.15, -0.1) is 0 Å². The largest absolute Gasteiger partial charge is 0.375 e. The maximum absolute atomic E-state index is 12.4. The predicted molar refractivity (Wildman–Crippen MR) is 109 cm³/mol. The van der Waals surface area contributed by atoms with Crippen LogP contribution in [0.5, 0.6) is 0 Å². The maximum atomic E-state index is 12.4. The van der Waals surface area contributed by atoms with Crippen molar-refractivity contribution in [1.29, 1.82) is 0 Å². The molecule has 1 N–H and O–H groups in total. The average molecular weight is 363 g/mol. The molecule has 0 spiro atoms. The topological polar surface area (TPSA) is 41.6 Å². The molecule has 0 fully saturated rings. The van der Waals surface area contributed by atoms with E-state index in [-0.39, 0.29) is 11.9 Å². The standard InChI is InChI=1S/C22H38N2O2/c1-6-10-19(4)14-24(13-18(2)3)15-22(25)23-20(5)16-26-17-21-11-8-7-9-12-21/h7-9,11-12,18-20H,6,10,13-17H2,1-5H3,(H,23,25)/t19-,20?/m0/s1. The molecule has 1 amide bonds. The number of hydrogen-bond donors (Lipinski definition) is 1. The quantitative estimate of drug-likeness (QED) is 0.574. The fourth-order valence-electron chi connectivity index (χ4n) is 3.24. The number of nitrogens with one attached hydrogen (secondary N) is 1. The van der Waals surface area contributed by atoms with Crippen LogP contribution >= 0.6 is 0 Å². The highest BCUT2D eigenvalue weighted by Crippen LogP contribution is 2.09. The molecule has 0 saturated carbocycles. The highest BCUT2D eigenvalue weighted by Gasteiger charge is 2.16. The SMILES string of the molecule is CCC[C@H](C)CN(CC(=O)NC(C)COCc1ccccc1)CC(C)C. The predicted octanol–water partition coefficient (Wildman–Crippen LogP) is 4.10. The Morgan fingerprint density at radius 1 is 1.12 bits per heavy atom. The minimum Gasteiger partial charge on any atom is -0.375 e. The molecule has 0 aliphatic heterocycles. The van der Waals surface area contributed by atoms with Gasteiger partial charge in [0.05, 0.1) is 19.8 Å². The van der Waals surface area contributed by atoms with Gasteiger partial charge in [-0.3, -0.25) is 9.69 Å². The van der Waals surface area contributed by atoms with E-state index in [9.17, 15) is 4.79 Å². The van der Waals surface area contributed by atoms with E-state index in [4.69, 9.17) is 4.74 Å². The Morgan fingerprint density at radius 2 is 1.81 bits per heavy atom. The molecule has 0 heterocycles. The smallest absolute Gasteiger partial charge is 0.234 e. The minimum absolute atomic E-state index is 0.0141. The summed E-state index contributed by atoms with van der Waals surface area (Å²) in [7, 11) is 0. The molecule has 148 valence electrons. The van der Waals surface area contributed by atoms with Crippen molar-refractivity contribution in [2.75, 3.05) is 26.2 Å². The molecule has 1 aromatic rings. The van der Waals surface area contributed by atoms with Gasteiger partial charge >= 0.3 is 0 Å². The summed E-state index contributed by atoms with van der Waals surface area (Å²) in [6.07, 6.45) is 2.40. The molecule has 4 heteroatoms. The molecule has 4 nitrogen and oxygen atoms in total. The van der Waals surface area contributed by atoms with Crippen molar-refractivity contribution in [3.05, 3.63) is 35.9 Å². The van der Waals surface area contributed by atoms with Crippen molar-refractivity contribution in [1.82, 2.24) is 10.2 Å². The van der Waals surface area contributed by atoms with Crippen molar-refractivity contribution in [3.8, 4) is 0 Å². The molecule has 0 bridgehead atoms. The van der Waals surface area contributed by atoms with E-state index in [0.717, 1.165) is 18.7 Å². The van der Waals surface area contributed by atoms with Crippen molar-refractivity contribution in [2.45, 2.75) is 60.1 Å². The van der Waals surface area contributed by atoms with Crippen molar-refractivity contribution >= 4 is 5.91 Å². The Kier molecular flexibility index (Phi) is 11.2. The van der Waals surface area contributed by atoms with Crippen molar-refractivity contribution in [2.24, 2.45) is 11.8 Å². The van der Waals surface area contributed by atoms with Crippen LogP contribution in [0.2, 0.25) is 0 Å². The van der Waals surface area contributed by atoms with E-state index >= 15 is 0 Å². The summed E-state index contributed by atoms with van der Waals surface area (Å²) < 4.78 is 5.72. The number of benzene rings is 1. The highest BCUT2D eigenvalue weighted by molar-refractivity contribution is 5.78. The highest BCUT2D eigenvalue weighted by atomic mass is 16.5. The van der Waals surface area contributed by atoms with Gasteiger partial charge in [0.1, 0.15) is 0 Å². The Morgan fingerprint density at radius 3 is 2.42 bits per heavy atom. The fourth-order valence-corrected chi connectivity index (χ4v) is 3.24. The summed E-state index contributed by atoms with van der Waals surface area (Å²) in [4.78, 5) is 14.7. The Balaban J connectivity index is 2.35. The summed E-state index contributed by atoms with van der Waals surface area (Å²) in [5.41, 5.74) is 1.15. The van der Waals surface area contributed by atoms with Gasteiger partial charge in [0.2, 0.25) is 5.91 Å². The van der Waals surface area contributed by atoms with E-state index in [1.807, 2.05) is 37.3 Å². The van der Waals surface area contributed by atoms with E-state index in [1.54, 1.807) is 0 Å². The van der Waals surface area contributed by atoms with Crippen LogP contribution in [-0.2, 0) is 16.1 Å². The summed E-state index contributed by atoms with van der Waals surface area (Å²) in [5.74, 6) is 1.27. The number of carbonyl (C=O) groups is 1. The Bertz CT molecular complexity index is 490. The van der Waals surface area contributed by atoms with Gasteiger partial charge in [-0.25, -0.2) is 0 Å². The lowest BCUT2D eigenvalue weighted by molar-refractivity contribution is -0.123. The van der Waals surface area contributed by atoms with Crippen LogP contribution in [0.25, 0.3) is 0 Å². The molecule has 0 aromatic heterocycles. The Labute approximate surface area is 160 Å². The first-order chi connectivity index (χ1) is 12.4. The first-order valence-electron chi connectivity index (χ1n) is 10.0. The molecule has 26 heavy (non-hydrogen) atoms. The average Bonchev–Trinajstić information content (AvgIpc) is 2.55. The van der Waals surface area contributed by atoms with Crippen LogP contribution in [0, 0.1) is 11.8 Å². The van der Waals surface area contributed by atoms with E-state index in [1.165, 1.54) is 12.8 Å². The number of carbonyl (C=O) groups excluding carboxylic acids is 1. The molecule has 1 aromatic carbocycles. The Hall–Kier alpha value is -1.39. The minimum atomic E-state index is 0.0141. The molecule has 2 atom stereocenters. The van der Waals surface area contributed by atoms with Crippen LogP contribution in [-0.4, -0.2) is 43.1 Å². The third-order valence-electron chi connectivity index (χ3n) is 4.23. The van der Waals surface area contributed by atoms with Gasteiger partial charge < -0.3 is 10.1 Å². The summed E-state index contributed by atoms with van der Waals surface area (Å²) in [5, 5.41) is 3.07. The lowest BCUT2D eigenvalue weighted by Crippen LogP contribution is -2.44. The van der Waals surface area contributed by atoms with Gasteiger partial charge in [0.25, 0.3) is 0 Å². The van der Waals surface area contributed by atoms with Gasteiger partial charge in [0.15, 0.2) is 0 Å². The number of nitrogens with zero attached hydrogens (tertiary/aromatic N) is 1. The van der Waals surface area contributed by atoms with Crippen LogP contribution in [0.15, 0.2) is 30.3 Å². The zero-order chi connectivity index (χ0) is 19.4. The van der Waals surface area contributed by atoms with E-state index < -0.39 is 0 Å². The molecule has 1 rings (SSSR count). The summed E-state index contributed by atoms with van der Waals surface area (Å²) >= 11 is 0. The third-order valence-corrected chi connectivity index (χ3v) is 4.23. The number of hydrogen-bond acceptors (Lipinski definition) is 3. The lowest BCUT2D eigenvalue weighted by atomic mass is 10.0. The molecular formula is C22H38N2O2. The zero-order valence-electron chi connectivity index (χ0n) is 17.3. The molecule has 0 aliphatic carbocycles. The van der Waals surface area contributed by atoms with Crippen LogP contribution in [0.4, 0.5) is 0 Å². The van der Waals surface area contributed by atoms with E-state index in [0.29, 0.717) is 31.6 Å². The number of rotatable bonds is 13. The van der Waals surface area contributed by atoms with Crippen molar-refractivity contribution in [3.63, 3.8) is 0 Å². The van der Waals surface area contributed by atoms with Crippen LogP contribution in [0.1, 0.15) is 53.0 Å². The van der Waals surface area contributed by atoms with E-state index in [2.05, 4.69) is 37.9 Å². The number of ether oxygens (including phenoxy) is 1. The van der Waals surface area contributed by atoms with Gasteiger partial charge in [-0.05, 0) is 30.7 Å². The molecule has 0 aliphatic rings. The molecular weight excluding hydrogens is 324 g/mol. The number of amides is 1. The second-order valence-electron chi connectivity index (χ2n) is 7.95. The second kappa shape index (κ2) is 12.9. The fraction of sp³-hybridized carbons (Fsp3) is 0.682. The van der Waals surface area contributed by atoms with Crippen LogP contribution < -0.4 is 5.32 Å². The van der Waals surface area contributed by atoms with Gasteiger partial charge in [-0.1, -0.05) is 64.4 Å². The van der Waals surface area contributed by atoms with Crippen molar-refractivity contribution < 1.29 is 9.53 Å². The lowest BCUT2D eigenvalue weighted by Gasteiger charge is -2.27. The summed E-state index contributed by atoms with van der Waals surface area (Å²) in [6, 6.07) is 10.1. The molecule has 0 radical (unpaired) electrons. The maximum Gasteiger partial charge on any atom is 0.234 e.